The smallest absolute Gasteiger partial charge is 0.204 e. The van der Waals surface area contributed by atoms with Gasteiger partial charge in [-0.25, -0.2) is 0 Å². The van der Waals surface area contributed by atoms with Crippen molar-refractivity contribution in [2.45, 2.75) is 0 Å². The zero-order valence-corrected chi connectivity index (χ0v) is 26.0. The van der Waals surface area contributed by atoms with E-state index in [0.717, 1.165) is 32.3 Å². The SMILES string of the molecule is Oc1c(O)c(O)c2c(-c3cccc4c3ccc3cc5ccccc5cc34)c3c(O)c(O)c(O)c(O)c3c(-c3cccc4ccccc34)c2c1O. The predicted molar refractivity (Wildman–Crippen MR) is 196 cm³/mol. The molecule has 9 aromatic rings. The van der Waals surface area contributed by atoms with Crippen LogP contribution in [0.1, 0.15) is 0 Å². The molecule has 9 aromatic carbocycles. The molecule has 8 heteroatoms. The molecule has 0 saturated carbocycles. The highest BCUT2D eigenvalue weighted by molar-refractivity contribution is 6.32. The van der Waals surface area contributed by atoms with Gasteiger partial charge in [-0.1, -0.05) is 97.1 Å². The third-order valence-electron chi connectivity index (χ3n) is 9.87. The zero-order chi connectivity index (χ0) is 34.6. The Morgan fingerprint density at radius 1 is 0.260 bits per heavy atom. The van der Waals surface area contributed by atoms with E-state index in [1.54, 1.807) is 36.4 Å². The Bertz CT molecular complexity index is 2880. The summed E-state index contributed by atoms with van der Waals surface area (Å²) in [6.45, 7) is 0. The average Bonchev–Trinajstić information content (AvgIpc) is 3.15. The standard InChI is InChI=1S/C42H26O8/c43-35-31-29(26-13-5-10-19-7-3-4-11-23(19)26)32-34(38(46)42(50)40(48)36(32)44)30(33(31)37(45)41(49)39(35)47)27-14-6-12-24-25(27)16-15-22-17-20-8-1-2-9-21(20)18-28(22)24/h1-18,43-50H. The Morgan fingerprint density at radius 2 is 0.680 bits per heavy atom. The molecule has 242 valence electrons. The molecule has 0 spiro atoms. The molecule has 0 bridgehead atoms. The molecule has 0 heterocycles. The largest absolute Gasteiger partial charge is 0.504 e. The van der Waals surface area contributed by atoms with Crippen molar-refractivity contribution in [3.8, 4) is 68.2 Å². The van der Waals surface area contributed by atoms with E-state index in [9.17, 15) is 40.9 Å². The lowest BCUT2D eigenvalue weighted by Gasteiger charge is -2.23. The van der Waals surface area contributed by atoms with Gasteiger partial charge in [0.15, 0.2) is 23.0 Å². The molecule has 0 fully saturated rings. The first-order valence-corrected chi connectivity index (χ1v) is 15.7. The number of rotatable bonds is 2. The molecule has 8 N–H and O–H groups in total. The lowest BCUT2D eigenvalue weighted by Crippen LogP contribution is -1.95. The van der Waals surface area contributed by atoms with Crippen molar-refractivity contribution in [2.75, 3.05) is 0 Å². The summed E-state index contributed by atoms with van der Waals surface area (Å²) in [7, 11) is 0. The van der Waals surface area contributed by atoms with E-state index in [1.165, 1.54) is 0 Å². The number of fused-ring (bicyclic) bond motifs is 7. The third kappa shape index (κ3) is 3.75. The summed E-state index contributed by atoms with van der Waals surface area (Å²) in [5.74, 6) is -7.30. The predicted octanol–water partition coefficient (Wildman–Crippen LogP) is 9.58. The Balaban J connectivity index is 1.57. The molecule has 50 heavy (non-hydrogen) atoms. The molecular formula is C42H26O8. The second kappa shape index (κ2) is 10.2. The van der Waals surface area contributed by atoms with Crippen molar-refractivity contribution < 1.29 is 40.9 Å². The van der Waals surface area contributed by atoms with Gasteiger partial charge in [-0.15, -0.1) is 0 Å². The molecule has 0 aliphatic heterocycles. The Kier molecular flexibility index (Phi) is 5.95. The third-order valence-corrected chi connectivity index (χ3v) is 9.87. The summed E-state index contributed by atoms with van der Waals surface area (Å²) in [5.41, 5.74) is 0.798. The highest BCUT2D eigenvalue weighted by atomic mass is 16.4. The van der Waals surface area contributed by atoms with Gasteiger partial charge in [0.05, 0.1) is 0 Å². The van der Waals surface area contributed by atoms with Crippen LogP contribution in [0.4, 0.5) is 0 Å². The molecule has 0 unspecified atom stereocenters. The summed E-state index contributed by atoms with van der Waals surface area (Å²) in [5, 5.41) is 96.7. The minimum atomic E-state index is -1.01. The molecular weight excluding hydrogens is 632 g/mol. The van der Waals surface area contributed by atoms with Crippen molar-refractivity contribution in [2.24, 2.45) is 0 Å². The van der Waals surface area contributed by atoms with Gasteiger partial charge in [-0.2, -0.15) is 0 Å². The second-order valence-corrected chi connectivity index (χ2v) is 12.5. The van der Waals surface area contributed by atoms with E-state index < -0.39 is 46.0 Å². The van der Waals surface area contributed by atoms with Crippen LogP contribution in [-0.2, 0) is 0 Å². The molecule has 0 saturated heterocycles. The number of phenols is 8. The molecule has 0 atom stereocenters. The molecule has 0 amide bonds. The number of hydrogen-bond donors (Lipinski definition) is 8. The van der Waals surface area contributed by atoms with Crippen LogP contribution in [0.15, 0.2) is 109 Å². The fourth-order valence-electron chi connectivity index (χ4n) is 7.60. The molecule has 9 rings (SSSR count). The first kappa shape index (κ1) is 29.1. The van der Waals surface area contributed by atoms with Crippen molar-refractivity contribution >= 4 is 64.6 Å². The molecule has 0 aromatic heterocycles. The average molecular weight is 659 g/mol. The molecule has 0 aliphatic rings. The molecule has 0 radical (unpaired) electrons. The highest BCUT2D eigenvalue weighted by Gasteiger charge is 2.33. The Labute approximate surface area is 282 Å². The van der Waals surface area contributed by atoms with Gasteiger partial charge in [-0.05, 0) is 66.3 Å². The maximum Gasteiger partial charge on any atom is 0.204 e. The fraction of sp³-hybridized carbons (Fsp3) is 0. The van der Waals surface area contributed by atoms with Gasteiger partial charge in [0.25, 0.3) is 0 Å². The summed E-state index contributed by atoms with van der Waals surface area (Å²) >= 11 is 0. The normalized spacial score (nSPS) is 11.8. The molecule has 8 nitrogen and oxygen atoms in total. The van der Waals surface area contributed by atoms with Crippen molar-refractivity contribution in [3.05, 3.63) is 109 Å². The minimum Gasteiger partial charge on any atom is -0.504 e. The van der Waals surface area contributed by atoms with Gasteiger partial charge in [-0.3, -0.25) is 0 Å². The highest BCUT2D eigenvalue weighted by Crippen LogP contribution is 2.62. The number of benzene rings is 9. The summed E-state index contributed by atoms with van der Waals surface area (Å²) in [6.07, 6.45) is 0. The van der Waals surface area contributed by atoms with Gasteiger partial charge in [0.2, 0.25) is 23.0 Å². The minimum absolute atomic E-state index is 0.0101. The van der Waals surface area contributed by atoms with E-state index in [1.807, 2.05) is 60.7 Å². The van der Waals surface area contributed by atoms with E-state index in [2.05, 4.69) is 12.1 Å². The van der Waals surface area contributed by atoms with Gasteiger partial charge >= 0.3 is 0 Å². The van der Waals surface area contributed by atoms with E-state index >= 15 is 0 Å². The number of aromatic hydroxyl groups is 8. The molecule has 0 aliphatic carbocycles. The lowest BCUT2D eigenvalue weighted by molar-refractivity contribution is 0.350. The van der Waals surface area contributed by atoms with Gasteiger partial charge < -0.3 is 40.9 Å². The van der Waals surface area contributed by atoms with Gasteiger partial charge in [0.1, 0.15) is 0 Å². The maximum atomic E-state index is 11.7. The van der Waals surface area contributed by atoms with E-state index in [0.29, 0.717) is 21.9 Å². The zero-order valence-electron chi connectivity index (χ0n) is 26.0. The van der Waals surface area contributed by atoms with E-state index in [4.69, 9.17) is 0 Å². The Morgan fingerprint density at radius 3 is 1.24 bits per heavy atom. The van der Waals surface area contributed by atoms with Crippen LogP contribution in [0.25, 0.3) is 86.9 Å². The summed E-state index contributed by atoms with van der Waals surface area (Å²) in [6, 6.07) is 33.8. The monoisotopic (exact) mass is 658 g/mol. The van der Waals surface area contributed by atoms with Crippen LogP contribution in [0, 0.1) is 0 Å². The Hall–Kier alpha value is -7.06. The van der Waals surface area contributed by atoms with Crippen molar-refractivity contribution in [1.29, 1.82) is 0 Å². The summed E-state index contributed by atoms with van der Waals surface area (Å²) in [4.78, 5) is 0. The van der Waals surface area contributed by atoms with Crippen molar-refractivity contribution in [1.82, 2.24) is 0 Å². The van der Waals surface area contributed by atoms with E-state index in [-0.39, 0.29) is 32.7 Å². The second-order valence-electron chi connectivity index (χ2n) is 12.5. The summed E-state index contributed by atoms with van der Waals surface area (Å²) < 4.78 is 0. The van der Waals surface area contributed by atoms with Crippen LogP contribution in [0.3, 0.4) is 0 Å². The van der Waals surface area contributed by atoms with Crippen molar-refractivity contribution in [3.63, 3.8) is 0 Å². The first-order valence-electron chi connectivity index (χ1n) is 15.7. The van der Waals surface area contributed by atoms with Crippen LogP contribution >= 0.6 is 0 Å². The van der Waals surface area contributed by atoms with Crippen LogP contribution in [0.5, 0.6) is 46.0 Å². The quantitative estimate of drug-likeness (QED) is 0.0394. The first-order chi connectivity index (χ1) is 24.2. The van der Waals surface area contributed by atoms with Crippen LogP contribution < -0.4 is 0 Å². The van der Waals surface area contributed by atoms with Gasteiger partial charge in [0, 0.05) is 32.7 Å². The number of phenolic OH excluding ortho intramolecular Hbond substituents is 8. The fourth-order valence-corrected chi connectivity index (χ4v) is 7.60. The van der Waals surface area contributed by atoms with Crippen LogP contribution in [-0.4, -0.2) is 40.9 Å². The lowest BCUT2D eigenvalue weighted by atomic mass is 9.81. The maximum absolute atomic E-state index is 11.7. The topological polar surface area (TPSA) is 162 Å². The number of hydrogen-bond acceptors (Lipinski definition) is 8. The van der Waals surface area contributed by atoms with Crippen LogP contribution in [0.2, 0.25) is 0 Å².